The summed E-state index contributed by atoms with van der Waals surface area (Å²) in [5.74, 6) is -0.213. The molecule has 13 heavy (non-hydrogen) atoms. The zero-order valence-electron chi connectivity index (χ0n) is 6.50. The molecule has 0 saturated heterocycles. The van der Waals surface area contributed by atoms with Gasteiger partial charge < -0.3 is 0 Å². The first kappa shape index (κ1) is 9.08. The van der Waals surface area contributed by atoms with E-state index >= 15 is 0 Å². The minimum Gasteiger partial charge on any atom is -0.244 e. The van der Waals surface area contributed by atoms with Crippen molar-refractivity contribution in [2.24, 2.45) is 0 Å². The van der Waals surface area contributed by atoms with E-state index in [-0.39, 0.29) is 5.82 Å². The van der Waals surface area contributed by atoms with Gasteiger partial charge in [0.25, 0.3) is 0 Å². The van der Waals surface area contributed by atoms with E-state index in [4.69, 9.17) is 0 Å². The molecular formula is C9H5FINS. The Morgan fingerprint density at radius 3 is 2.92 bits per heavy atom. The monoisotopic (exact) mass is 305 g/mol. The largest absolute Gasteiger partial charge is 0.244 e. The summed E-state index contributed by atoms with van der Waals surface area (Å²) in [5.41, 5.74) is 0.585. The molecule has 0 aliphatic carbocycles. The molecule has 1 aromatic carbocycles. The van der Waals surface area contributed by atoms with Crippen LogP contribution in [-0.4, -0.2) is 4.98 Å². The van der Waals surface area contributed by atoms with Gasteiger partial charge in [-0.15, -0.1) is 11.3 Å². The van der Waals surface area contributed by atoms with Crippen LogP contribution in [0.1, 0.15) is 0 Å². The zero-order chi connectivity index (χ0) is 9.26. The molecule has 0 spiro atoms. The number of hydrogen-bond donors (Lipinski definition) is 0. The molecule has 4 heteroatoms. The molecule has 1 aromatic heterocycles. The van der Waals surface area contributed by atoms with E-state index in [1.807, 2.05) is 5.38 Å². The maximum absolute atomic E-state index is 13.3. The first-order chi connectivity index (χ1) is 6.27. The van der Waals surface area contributed by atoms with Crippen molar-refractivity contribution >= 4 is 33.9 Å². The zero-order valence-corrected chi connectivity index (χ0v) is 9.47. The van der Waals surface area contributed by atoms with E-state index in [2.05, 4.69) is 27.6 Å². The van der Waals surface area contributed by atoms with Gasteiger partial charge in [0.1, 0.15) is 10.8 Å². The van der Waals surface area contributed by atoms with E-state index in [0.29, 0.717) is 5.56 Å². The standard InChI is InChI=1S/C9H5FINS/c10-8-2-1-6(11)5-7(8)9-12-3-4-13-9/h1-5H. The van der Waals surface area contributed by atoms with Crippen molar-refractivity contribution in [1.29, 1.82) is 0 Å². The first-order valence-corrected chi connectivity index (χ1v) is 5.58. The number of halogens is 2. The van der Waals surface area contributed by atoms with Gasteiger partial charge >= 0.3 is 0 Å². The number of aromatic nitrogens is 1. The van der Waals surface area contributed by atoms with Crippen LogP contribution in [0, 0.1) is 9.39 Å². The Bertz CT molecular complexity index is 414. The summed E-state index contributed by atoms with van der Waals surface area (Å²) in [6.45, 7) is 0. The Morgan fingerprint density at radius 1 is 1.38 bits per heavy atom. The molecule has 1 heterocycles. The highest BCUT2D eigenvalue weighted by Gasteiger charge is 2.06. The van der Waals surface area contributed by atoms with Gasteiger partial charge in [-0.05, 0) is 40.8 Å². The Balaban J connectivity index is 2.57. The van der Waals surface area contributed by atoms with Crippen molar-refractivity contribution in [3.8, 4) is 10.6 Å². The van der Waals surface area contributed by atoms with Crippen molar-refractivity contribution in [3.05, 3.63) is 39.2 Å². The third kappa shape index (κ3) is 1.88. The molecule has 0 aliphatic rings. The average molecular weight is 305 g/mol. The van der Waals surface area contributed by atoms with E-state index in [1.165, 1.54) is 17.4 Å². The molecular weight excluding hydrogens is 300 g/mol. The van der Waals surface area contributed by atoms with Gasteiger partial charge in [-0.2, -0.15) is 0 Å². The summed E-state index contributed by atoms with van der Waals surface area (Å²) in [5, 5.41) is 2.57. The smallest absolute Gasteiger partial charge is 0.133 e. The quantitative estimate of drug-likeness (QED) is 0.734. The van der Waals surface area contributed by atoms with Gasteiger partial charge in [0.2, 0.25) is 0 Å². The Hall–Kier alpha value is -0.490. The summed E-state index contributed by atoms with van der Waals surface area (Å²) >= 11 is 3.60. The second-order valence-corrected chi connectivity index (χ2v) is 4.60. The maximum atomic E-state index is 13.3. The van der Waals surface area contributed by atoms with Gasteiger partial charge in [-0.3, -0.25) is 0 Å². The van der Waals surface area contributed by atoms with Gasteiger partial charge in [-0.25, -0.2) is 9.37 Å². The lowest BCUT2D eigenvalue weighted by atomic mass is 10.2. The molecule has 0 unspecified atom stereocenters. The van der Waals surface area contributed by atoms with Gasteiger partial charge in [0.05, 0.1) is 0 Å². The fraction of sp³-hybridized carbons (Fsp3) is 0. The molecule has 2 rings (SSSR count). The van der Waals surface area contributed by atoms with Crippen LogP contribution in [0.4, 0.5) is 4.39 Å². The van der Waals surface area contributed by atoms with E-state index in [0.717, 1.165) is 8.58 Å². The van der Waals surface area contributed by atoms with Crippen LogP contribution < -0.4 is 0 Å². The van der Waals surface area contributed by atoms with Crippen LogP contribution in [0.25, 0.3) is 10.6 Å². The van der Waals surface area contributed by atoms with Gasteiger partial charge in [-0.1, -0.05) is 0 Å². The summed E-state index contributed by atoms with van der Waals surface area (Å²) in [6, 6.07) is 5.01. The Kier molecular flexibility index (Phi) is 2.59. The molecule has 0 radical (unpaired) electrons. The fourth-order valence-electron chi connectivity index (χ4n) is 1.02. The van der Waals surface area contributed by atoms with E-state index < -0.39 is 0 Å². The lowest BCUT2D eigenvalue weighted by Gasteiger charge is -1.98. The van der Waals surface area contributed by atoms with Crippen LogP contribution >= 0.6 is 33.9 Å². The minimum absolute atomic E-state index is 0.213. The van der Waals surface area contributed by atoms with Crippen LogP contribution in [0.15, 0.2) is 29.8 Å². The normalized spacial score (nSPS) is 10.3. The SMILES string of the molecule is Fc1ccc(I)cc1-c1nccs1. The lowest BCUT2D eigenvalue weighted by molar-refractivity contribution is 0.631. The van der Waals surface area contributed by atoms with Crippen LogP contribution in [-0.2, 0) is 0 Å². The predicted molar refractivity (Wildman–Crippen MR) is 60.2 cm³/mol. The third-order valence-electron chi connectivity index (χ3n) is 1.59. The number of thiazole rings is 1. The molecule has 2 aromatic rings. The molecule has 66 valence electrons. The molecule has 0 amide bonds. The molecule has 0 fully saturated rings. The maximum Gasteiger partial charge on any atom is 0.133 e. The minimum atomic E-state index is -0.213. The fourth-order valence-corrected chi connectivity index (χ4v) is 2.16. The molecule has 0 N–H and O–H groups in total. The van der Waals surface area contributed by atoms with E-state index in [1.54, 1.807) is 18.3 Å². The highest BCUT2D eigenvalue weighted by Crippen LogP contribution is 2.26. The molecule has 0 bridgehead atoms. The molecule has 0 saturated carbocycles. The van der Waals surface area contributed by atoms with Gasteiger partial charge in [0, 0.05) is 20.7 Å². The lowest BCUT2D eigenvalue weighted by Crippen LogP contribution is -1.83. The second kappa shape index (κ2) is 3.71. The Morgan fingerprint density at radius 2 is 2.23 bits per heavy atom. The van der Waals surface area contributed by atoms with Crippen molar-refractivity contribution < 1.29 is 4.39 Å². The first-order valence-electron chi connectivity index (χ1n) is 3.62. The summed E-state index contributed by atoms with van der Waals surface area (Å²) < 4.78 is 14.3. The van der Waals surface area contributed by atoms with Crippen molar-refractivity contribution in [1.82, 2.24) is 4.98 Å². The summed E-state index contributed by atoms with van der Waals surface area (Å²) in [7, 11) is 0. The van der Waals surface area contributed by atoms with E-state index in [9.17, 15) is 4.39 Å². The Labute approximate surface area is 92.8 Å². The highest BCUT2D eigenvalue weighted by atomic mass is 127. The number of benzene rings is 1. The summed E-state index contributed by atoms with van der Waals surface area (Å²) in [6.07, 6.45) is 1.68. The van der Waals surface area contributed by atoms with Crippen molar-refractivity contribution in [2.45, 2.75) is 0 Å². The van der Waals surface area contributed by atoms with Gasteiger partial charge in [0.15, 0.2) is 0 Å². The number of rotatable bonds is 1. The molecule has 0 aliphatic heterocycles. The van der Waals surface area contributed by atoms with Crippen molar-refractivity contribution in [2.75, 3.05) is 0 Å². The van der Waals surface area contributed by atoms with Crippen LogP contribution in [0.3, 0.4) is 0 Å². The van der Waals surface area contributed by atoms with Crippen LogP contribution in [0.5, 0.6) is 0 Å². The number of hydrogen-bond acceptors (Lipinski definition) is 2. The van der Waals surface area contributed by atoms with Crippen molar-refractivity contribution in [3.63, 3.8) is 0 Å². The molecule has 0 atom stereocenters. The highest BCUT2D eigenvalue weighted by molar-refractivity contribution is 14.1. The molecule has 1 nitrogen and oxygen atoms in total. The number of nitrogens with zero attached hydrogens (tertiary/aromatic N) is 1. The summed E-state index contributed by atoms with van der Waals surface area (Å²) in [4.78, 5) is 4.06. The predicted octanol–water partition coefficient (Wildman–Crippen LogP) is 3.55. The topological polar surface area (TPSA) is 12.9 Å². The second-order valence-electron chi connectivity index (χ2n) is 2.46. The average Bonchev–Trinajstić information content (AvgIpc) is 2.61. The third-order valence-corrected chi connectivity index (χ3v) is 3.07. The van der Waals surface area contributed by atoms with Crippen LogP contribution in [0.2, 0.25) is 0 Å².